The van der Waals surface area contributed by atoms with Crippen LogP contribution in [0.1, 0.15) is 56.3 Å². The van der Waals surface area contributed by atoms with E-state index in [2.05, 4.69) is 0 Å². The van der Waals surface area contributed by atoms with Gasteiger partial charge in [0.1, 0.15) is 23.0 Å². The molecule has 1 aliphatic carbocycles. The van der Waals surface area contributed by atoms with Crippen LogP contribution in [0.5, 0.6) is 23.0 Å². The van der Waals surface area contributed by atoms with Crippen LogP contribution in [0.2, 0.25) is 0 Å². The number of rotatable bonds is 7. The number of aliphatic hydroxyl groups is 1. The molecule has 1 aliphatic heterocycles. The molecule has 5 rings (SSSR count). The molecule has 0 bridgehead atoms. The van der Waals surface area contributed by atoms with Gasteiger partial charge in [0.2, 0.25) is 5.78 Å². The molecule has 10 nitrogen and oxygen atoms in total. The van der Waals surface area contributed by atoms with Gasteiger partial charge < -0.3 is 39.4 Å². The van der Waals surface area contributed by atoms with Gasteiger partial charge in [0.15, 0.2) is 18.4 Å². The van der Waals surface area contributed by atoms with Crippen molar-refractivity contribution in [3.63, 3.8) is 0 Å². The second kappa shape index (κ2) is 9.55. The van der Waals surface area contributed by atoms with Crippen LogP contribution in [0.4, 0.5) is 0 Å². The molecule has 1 unspecified atom stereocenters. The Kier molecular flexibility index (Phi) is 6.52. The lowest BCUT2D eigenvalue weighted by atomic mass is 9.80. The Morgan fingerprint density at radius 1 is 0.974 bits per heavy atom. The first-order valence-corrected chi connectivity index (χ1v) is 12.1. The third-order valence-corrected chi connectivity index (χ3v) is 6.94. The van der Waals surface area contributed by atoms with E-state index in [-0.39, 0.29) is 64.3 Å². The lowest BCUT2D eigenvalue weighted by molar-refractivity contribution is -0.174. The number of carbonyl (C=O) groups is 2. The molecular weight excluding hydrogens is 496 g/mol. The van der Waals surface area contributed by atoms with Crippen LogP contribution in [-0.2, 0) is 20.6 Å². The first-order chi connectivity index (χ1) is 18.1. The third kappa shape index (κ3) is 4.15. The van der Waals surface area contributed by atoms with Gasteiger partial charge in [0.05, 0.1) is 30.4 Å². The van der Waals surface area contributed by atoms with Crippen molar-refractivity contribution in [2.24, 2.45) is 0 Å². The van der Waals surface area contributed by atoms with Gasteiger partial charge in [-0.2, -0.15) is 0 Å². The minimum absolute atomic E-state index is 0.0540. The lowest BCUT2D eigenvalue weighted by Crippen LogP contribution is -2.36. The molecule has 2 aliphatic rings. The SMILES string of the molecule is COCOc1cc2c(c(O)c1C)C(=O)c1c(cc3cc(O)cc(CC4(CC(C)O)OCCO4)c3c1O)C2=O. The smallest absolute Gasteiger partial charge is 0.202 e. The van der Waals surface area contributed by atoms with Crippen molar-refractivity contribution in [3.05, 3.63) is 57.6 Å². The van der Waals surface area contributed by atoms with Gasteiger partial charge in [-0.3, -0.25) is 9.59 Å². The molecule has 0 aromatic heterocycles. The number of hydrogen-bond acceptors (Lipinski definition) is 10. The summed E-state index contributed by atoms with van der Waals surface area (Å²) in [5.41, 5.74) is 0.0221. The van der Waals surface area contributed by atoms with E-state index >= 15 is 0 Å². The zero-order valence-electron chi connectivity index (χ0n) is 21.2. The van der Waals surface area contributed by atoms with E-state index < -0.39 is 35.0 Å². The molecule has 1 atom stereocenters. The van der Waals surface area contributed by atoms with Gasteiger partial charge in [-0.15, -0.1) is 0 Å². The Morgan fingerprint density at radius 2 is 1.63 bits per heavy atom. The van der Waals surface area contributed by atoms with Crippen LogP contribution in [0, 0.1) is 6.92 Å². The molecule has 1 fully saturated rings. The fourth-order valence-corrected chi connectivity index (χ4v) is 5.36. The van der Waals surface area contributed by atoms with Crippen LogP contribution >= 0.6 is 0 Å². The Morgan fingerprint density at radius 3 is 2.29 bits per heavy atom. The average Bonchev–Trinajstić information content (AvgIpc) is 3.29. The van der Waals surface area contributed by atoms with Crippen LogP contribution < -0.4 is 4.74 Å². The van der Waals surface area contributed by atoms with Crippen LogP contribution in [-0.4, -0.2) is 71.0 Å². The minimum atomic E-state index is -1.20. The number of hydrogen-bond donors (Lipinski definition) is 4. The van der Waals surface area contributed by atoms with Crippen LogP contribution in [0.3, 0.4) is 0 Å². The highest BCUT2D eigenvalue weighted by molar-refractivity contribution is 6.32. The van der Waals surface area contributed by atoms with Crippen molar-refractivity contribution in [2.45, 2.75) is 38.6 Å². The third-order valence-electron chi connectivity index (χ3n) is 6.94. The lowest BCUT2D eigenvalue weighted by Gasteiger charge is -2.30. The first-order valence-electron chi connectivity index (χ1n) is 12.1. The maximum atomic E-state index is 13.7. The molecule has 4 N–H and O–H groups in total. The number of phenolic OH excluding ortho intramolecular Hbond substituents is 3. The summed E-state index contributed by atoms with van der Waals surface area (Å²) in [5, 5.41) is 43.4. The summed E-state index contributed by atoms with van der Waals surface area (Å²) in [4.78, 5) is 27.2. The minimum Gasteiger partial charge on any atom is -0.508 e. The largest absolute Gasteiger partial charge is 0.508 e. The maximum absolute atomic E-state index is 13.7. The molecule has 0 saturated carbocycles. The van der Waals surface area contributed by atoms with Crippen molar-refractivity contribution in [3.8, 4) is 23.0 Å². The zero-order valence-corrected chi connectivity index (χ0v) is 21.2. The monoisotopic (exact) mass is 524 g/mol. The van der Waals surface area contributed by atoms with E-state index in [9.17, 15) is 30.0 Å². The van der Waals surface area contributed by atoms with Gasteiger partial charge in [-0.25, -0.2) is 0 Å². The van der Waals surface area contributed by atoms with Crippen molar-refractivity contribution < 1.29 is 49.0 Å². The molecular formula is C28H28O10. The highest BCUT2D eigenvalue weighted by Crippen LogP contribution is 2.46. The number of aromatic hydroxyl groups is 3. The predicted octanol–water partition coefficient (Wildman–Crippen LogP) is 3.08. The summed E-state index contributed by atoms with van der Waals surface area (Å²) < 4.78 is 22.0. The van der Waals surface area contributed by atoms with Crippen molar-refractivity contribution in [2.75, 3.05) is 27.1 Å². The summed E-state index contributed by atoms with van der Waals surface area (Å²) in [5.74, 6) is -3.35. The van der Waals surface area contributed by atoms with E-state index in [0.717, 1.165) is 0 Å². The number of phenols is 3. The molecule has 1 saturated heterocycles. The Hall–Kier alpha value is -3.70. The molecule has 0 radical (unpaired) electrons. The van der Waals surface area contributed by atoms with E-state index in [0.29, 0.717) is 24.2 Å². The Labute approximate surface area is 217 Å². The molecule has 200 valence electrons. The number of fused-ring (bicyclic) bond motifs is 3. The number of aliphatic hydroxyl groups excluding tert-OH is 1. The van der Waals surface area contributed by atoms with E-state index in [4.69, 9.17) is 18.9 Å². The highest BCUT2D eigenvalue weighted by Gasteiger charge is 2.40. The van der Waals surface area contributed by atoms with E-state index in [1.807, 2.05) is 0 Å². The summed E-state index contributed by atoms with van der Waals surface area (Å²) in [6.07, 6.45) is -0.558. The second-order valence-corrected chi connectivity index (χ2v) is 9.67. The standard InChI is InChI=1S/C28H28O10/c1-13(29)10-28(37-4-5-38-28)11-16-7-17(30)6-15-8-18-23(26(33)21(15)16)27(34)22-19(25(18)32)9-20(36-12-35-3)14(2)24(22)31/h6-9,13,29-31,33H,4-5,10-12H2,1-3H3. The summed E-state index contributed by atoms with van der Waals surface area (Å²) in [6.45, 7) is 3.63. The summed E-state index contributed by atoms with van der Waals surface area (Å²) >= 11 is 0. The van der Waals surface area contributed by atoms with Crippen molar-refractivity contribution >= 4 is 22.3 Å². The van der Waals surface area contributed by atoms with Crippen LogP contribution in [0.15, 0.2) is 24.3 Å². The fourth-order valence-electron chi connectivity index (χ4n) is 5.36. The Bertz CT molecular complexity index is 1470. The Balaban J connectivity index is 1.69. The summed E-state index contributed by atoms with van der Waals surface area (Å²) in [6, 6.07) is 5.61. The van der Waals surface area contributed by atoms with Gasteiger partial charge in [-0.05, 0) is 49.1 Å². The molecule has 0 amide bonds. The molecule has 10 heteroatoms. The molecule has 38 heavy (non-hydrogen) atoms. The van der Waals surface area contributed by atoms with Gasteiger partial charge in [0, 0.05) is 42.0 Å². The quantitative estimate of drug-likeness (QED) is 0.265. The molecule has 1 heterocycles. The molecule has 3 aromatic rings. The number of benzene rings is 3. The zero-order chi connectivity index (χ0) is 27.4. The predicted molar refractivity (Wildman–Crippen MR) is 134 cm³/mol. The van der Waals surface area contributed by atoms with Crippen molar-refractivity contribution in [1.82, 2.24) is 0 Å². The molecule has 3 aromatic carbocycles. The molecule has 0 spiro atoms. The number of methoxy groups -OCH3 is 1. The second-order valence-electron chi connectivity index (χ2n) is 9.67. The number of ether oxygens (including phenoxy) is 4. The average molecular weight is 525 g/mol. The topological polar surface area (TPSA) is 152 Å². The normalized spacial score (nSPS) is 16.9. The van der Waals surface area contributed by atoms with Gasteiger partial charge in [0.25, 0.3) is 0 Å². The van der Waals surface area contributed by atoms with Crippen LogP contribution in [0.25, 0.3) is 10.8 Å². The summed E-state index contributed by atoms with van der Waals surface area (Å²) in [7, 11) is 1.42. The van der Waals surface area contributed by atoms with E-state index in [1.54, 1.807) is 6.92 Å². The van der Waals surface area contributed by atoms with Gasteiger partial charge >= 0.3 is 0 Å². The van der Waals surface area contributed by atoms with Crippen molar-refractivity contribution in [1.29, 1.82) is 0 Å². The first kappa shape index (κ1) is 25.9. The van der Waals surface area contributed by atoms with E-state index in [1.165, 1.54) is 38.3 Å². The highest BCUT2D eigenvalue weighted by atomic mass is 16.7. The number of ketones is 2. The fraction of sp³-hybridized carbons (Fsp3) is 0.357. The van der Waals surface area contributed by atoms with Gasteiger partial charge in [-0.1, -0.05) is 0 Å². The number of carbonyl (C=O) groups excluding carboxylic acids is 2. The maximum Gasteiger partial charge on any atom is 0.202 e.